The number of hydrogen-bond donors (Lipinski definition) is 2. The number of hydrogen-bond acceptors (Lipinski definition) is 2. The van der Waals surface area contributed by atoms with Crippen molar-refractivity contribution < 1.29 is 9.50 Å². The average molecular weight is 190 g/mol. The molecule has 12 heavy (non-hydrogen) atoms. The van der Waals surface area contributed by atoms with Gasteiger partial charge in [-0.25, -0.2) is 4.39 Å². The van der Waals surface area contributed by atoms with Gasteiger partial charge in [0.25, 0.3) is 0 Å². The molecule has 0 radical (unpaired) electrons. The SMILES string of the molecule is OCCNc1ccc(Cl)c(F)c1. The summed E-state index contributed by atoms with van der Waals surface area (Å²) in [6.45, 7) is 0.422. The van der Waals surface area contributed by atoms with Crippen molar-refractivity contribution in [3.05, 3.63) is 29.0 Å². The smallest absolute Gasteiger partial charge is 0.143 e. The molecule has 0 spiro atoms. The van der Waals surface area contributed by atoms with Crippen molar-refractivity contribution in [3.8, 4) is 0 Å². The highest BCUT2D eigenvalue weighted by Gasteiger charge is 1.99. The normalized spacial score (nSPS) is 9.92. The van der Waals surface area contributed by atoms with E-state index in [0.717, 1.165) is 0 Å². The molecule has 0 unspecified atom stereocenters. The monoisotopic (exact) mass is 189 g/mol. The van der Waals surface area contributed by atoms with E-state index < -0.39 is 5.82 Å². The van der Waals surface area contributed by atoms with Gasteiger partial charge in [-0.2, -0.15) is 0 Å². The van der Waals surface area contributed by atoms with E-state index in [1.54, 1.807) is 6.07 Å². The summed E-state index contributed by atoms with van der Waals surface area (Å²) in [5.74, 6) is -0.459. The summed E-state index contributed by atoms with van der Waals surface area (Å²) in [6, 6.07) is 4.41. The second kappa shape index (κ2) is 4.28. The van der Waals surface area contributed by atoms with Crippen molar-refractivity contribution in [2.24, 2.45) is 0 Å². The molecule has 0 heterocycles. The molecule has 0 aromatic heterocycles. The van der Waals surface area contributed by atoms with Crippen LogP contribution in [0.15, 0.2) is 18.2 Å². The van der Waals surface area contributed by atoms with E-state index in [1.807, 2.05) is 0 Å². The second-order valence-corrected chi connectivity index (χ2v) is 2.69. The first-order valence-electron chi connectivity index (χ1n) is 3.54. The second-order valence-electron chi connectivity index (χ2n) is 2.28. The van der Waals surface area contributed by atoms with Crippen molar-refractivity contribution in [1.82, 2.24) is 0 Å². The van der Waals surface area contributed by atoms with Gasteiger partial charge in [-0.1, -0.05) is 11.6 Å². The van der Waals surface area contributed by atoms with Crippen LogP contribution in [-0.2, 0) is 0 Å². The predicted molar refractivity (Wildman–Crippen MR) is 47.0 cm³/mol. The Bertz CT molecular complexity index is 267. The Balaban J connectivity index is 2.69. The molecule has 0 saturated heterocycles. The molecule has 1 aromatic rings. The molecule has 0 bridgehead atoms. The van der Waals surface area contributed by atoms with E-state index in [9.17, 15) is 4.39 Å². The summed E-state index contributed by atoms with van der Waals surface area (Å²) < 4.78 is 12.8. The lowest BCUT2D eigenvalue weighted by Gasteiger charge is -2.03. The highest BCUT2D eigenvalue weighted by molar-refractivity contribution is 6.30. The van der Waals surface area contributed by atoms with Crippen LogP contribution in [0.25, 0.3) is 0 Å². The van der Waals surface area contributed by atoms with Gasteiger partial charge in [0.15, 0.2) is 0 Å². The molecule has 66 valence electrons. The van der Waals surface area contributed by atoms with Gasteiger partial charge in [0.2, 0.25) is 0 Å². The molecule has 2 N–H and O–H groups in total. The predicted octanol–water partition coefficient (Wildman–Crippen LogP) is 1.88. The maximum Gasteiger partial charge on any atom is 0.143 e. The quantitative estimate of drug-likeness (QED) is 0.761. The fourth-order valence-corrected chi connectivity index (χ4v) is 0.924. The minimum atomic E-state index is -0.459. The van der Waals surface area contributed by atoms with Gasteiger partial charge in [-0.15, -0.1) is 0 Å². The van der Waals surface area contributed by atoms with E-state index in [1.165, 1.54) is 12.1 Å². The van der Waals surface area contributed by atoms with E-state index >= 15 is 0 Å². The van der Waals surface area contributed by atoms with Crippen LogP contribution < -0.4 is 5.32 Å². The van der Waals surface area contributed by atoms with Crippen LogP contribution in [0.3, 0.4) is 0 Å². The van der Waals surface area contributed by atoms with Crippen molar-refractivity contribution in [3.63, 3.8) is 0 Å². The van der Waals surface area contributed by atoms with Gasteiger partial charge < -0.3 is 10.4 Å². The molecule has 0 fully saturated rings. The molecule has 1 aromatic carbocycles. The average Bonchev–Trinajstić information content (AvgIpc) is 2.07. The van der Waals surface area contributed by atoms with Crippen LogP contribution in [0, 0.1) is 5.82 Å². The molecule has 2 nitrogen and oxygen atoms in total. The molecule has 0 aliphatic rings. The molecule has 0 aliphatic carbocycles. The lowest BCUT2D eigenvalue weighted by molar-refractivity contribution is 0.311. The lowest BCUT2D eigenvalue weighted by atomic mass is 10.3. The standard InChI is InChI=1S/C8H9ClFNO/c9-7-2-1-6(5-8(7)10)11-3-4-12/h1-2,5,11-12H,3-4H2. The maximum absolute atomic E-state index is 12.8. The zero-order chi connectivity index (χ0) is 8.97. The Morgan fingerprint density at radius 2 is 2.25 bits per heavy atom. The van der Waals surface area contributed by atoms with Gasteiger partial charge >= 0.3 is 0 Å². The van der Waals surface area contributed by atoms with Crippen LogP contribution in [0.2, 0.25) is 5.02 Å². The van der Waals surface area contributed by atoms with E-state index in [-0.39, 0.29) is 11.6 Å². The number of nitrogens with one attached hydrogen (secondary N) is 1. The summed E-state index contributed by atoms with van der Waals surface area (Å²) >= 11 is 5.46. The summed E-state index contributed by atoms with van der Waals surface area (Å²) in [7, 11) is 0. The van der Waals surface area contributed by atoms with Gasteiger partial charge in [0.1, 0.15) is 5.82 Å². The molecule has 0 amide bonds. The van der Waals surface area contributed by atoms with Gasteiger partial charge in [0.05, 0.1) is 11.6 Å². The summed E-state index contributed by atoms with van der Waals surface area (Å²) in [4.78, 5) is 0. The van der Waals surface area contributed by atoms with Crippen molar-refractivity contribution >= 4 is 17.3 Å². The number of rotatable bonds is 3. The largest absolute Gasteiger partial charge is 0.395 e. The van der Waals surface area contributed by atoms with Crippen LogP contribution in [-0.4, -0.2) is 18.3 Å². The summed E-state index contributed by atoms with van der Waals surface area (Å²) in [5.41, 5.74) is 0.617. The number of anilines is 1. The minimum absolute atomic E-state index is 0.0181. The van der Waals surface area contributed by atoms with E-state index in [4.69, 9.17) is 16.7 Å². The first kappa shape index (κ1) is 9.29. The summed E-state index contributed by atoms with van der Waals surface area (Å²) in [5, 5.41) is 11.4. The van der Waals surface area contributed by atoms with Crippen LogP contribution in [0.4, 0.5) is 10.1 Å². The van der Waals surface area contributed by atoms with Crippen LogP contribution in [0.5, 0.6) is 0 Å². The number of halogens is 2. The third-order valence-electron chi connectivity index (χ3n) is 1.36. The Morgan fingerprint density at radius 1 is 1.50 bits per heavy atom. The van der Waals surface area contributed by atoms with Gasteiger partial charge in [0, 0.05) is 12.2 Å². The number of aliphatic hydroxyl groups is 1. The molecule has 0 saturated carbocycles. The first-order chi connectivity index (χ1) is 5.74. The highest BCUT2D eigenvalue weighted by Crippen LogP contribution is 2.18. The maximum atomic E-state index is 12.8. The van der Waals surface area contributed by atoms with E-state index in [2.05, 4.69) is 5.32 Å². The van der Waals surface area contributed by atoms with E-state index in [0.29, 0.717) is 12.2 Å². The van der Waals surface area contributed by atoms with Crippen molar-refractivity contribution in [1.29, 1.82) is 0 Å². The van der Waals surface area contributed by atoms with Crippen LogP contribution in [0.1, 0.15) is 0 Å². The van der Waals surface area contributed by atoms with Gasteiger partial charge in [-0.3, -0.25) is 0 Å². The molecule has 0 aliphatic heterocycles. The molecular formula is C8H9ClFNO. The minimum Gasteiger partial charge on any atom is -0.395 e. The molecule has 0 atom stereocenters. The lowest BCUT2D eigenvalue weighted by Crippen LogP contribution is -2.05. The van der Waals surface area contributed by atoms with Crippen molar-refractivity contribution in [2.75, 3.05) is 18.5 Å². The fraction of sp³-hybridized carbons (Fsp3) is 0.250. The van der Waals surface area contributed by atoms with Crippen molar-refractivity contribution in [2.45, 2.75) is 0 Å². The topological polar surface area (TPSA) is 32.3 Å². The van der Waals surface area contributed by atoms with Gasteiger partial charge in [-0.05, 0) is 18.2 Å². The zero-order valence-corrected chi connectivity index (χ0v) is 7.11. The Labute approximate surface area is 75.0 Å². The Hall–Kier alpha value is -0.800. The third kappa shape index (κ3) is 2.36. The molecule has 1 rings (SSSR count). The zero-order valence-electron chi connectivity index (χ0n) is 6.35. The molecular weight excluding hydrogens is 181 g/mol. The third-order valence-corrected chi connectivity index (χ3v) is 1.67. The molecule has 4 heteroatoms. The Kier molecular flexibility index (Phi) is 3.31. The fourth-order valence-electron chi connectivity index (χ4n) is 0.806. The number of benzene rings is 1. The number of aliphatic hydroxyl groups excluding tert-OH is 1. The Morgan fingerprint density at radius 3 is 2.83 bits per heavy atom. The van der Waals surface area contributed by atoms with Crippen LogP contribution >= 0.6 is 11.6 Å². The first-order valence-corrected chi connectivity index (χ1v) is 3.91. The highest BCUT2D eigenvalue weighted by atomic mass is 35.5. The summed E-state index contributed by atoms with van der Waals surface area (Å²) in [6.07, 6.45) is 0.